The van der Waals surface area contributed by atoms with Gasteiger partial charge in [-0.2, -0.15) is 0 Å². The van der Waals surface area contributed by atoms with Gasteiger partial charge in [0, 0.05) is 18.1 Å². The average molecular weight is 285 g/mol. The van der Waals surface area contributed by atoms with Crippen LogP contribution in [0.5, 0.6) is 5.75 Å². The van der Waals surface area contributed by atoms with Gasteiger partial charge in [0.15, 0.2) is 0 Å². The van der Waals surface area contributed by atoms with Crippen LogP contribution in [0.2, 0.25) is 0 Å². The standard InChI is InChI=1S/C12H17BrN2O/c1-8-12(7-14-2)16-11-6-9(13)4-5-10(11)15(8)3/h4-6,8,12,14H,7H2,1-3H3. The second kappa shape index (κ2) is 4.63. The zero-order chi connectivity index (χ0) is 11.7. The third-order valence-corrected chi connectivity index (χ3v) is 3.63. The number of hydrogen-bond donors (Lipinski definition) is 1. The van der Waals surface area contributed by atoms with Crippen molar-refractivity contribution in [3.8, 4) is 5.75 Å². The lowest BCUT2D eigenvalue weighted by molar-refractivity contribution is 0.160. The van der Waals surface area contributed by atoms with E-state index in [2.05, 4.69) is 46.2 Å². The minimum Gasteiger partial charge on any atom is -0.485 e. The molecule has 0 aromatic heterocycles. The van der Waals surface area contributed by atoms with Crippen LogP contribution < -0.4 is 15.0 Å². The van der Waals surface area contributed by atoms with E-state index in [1.54, 1.807) is 0 Å². The Labute approximate surface area is 105 Å². The summed E-state index contributed by atoms with van der Waals surface area (Å²) in [4.78, 5) is 2.27. The first kappa shape index (κ1) is 11.7. The highest BCUT2D eigenvalue weighted by molar-refractivity contribution is 9.10. The third-order valence-electron chi connectivity index (χ3n) is 3.13. The summed E-state index contributed by atoms with van der Waals surface area (Å²) >= 11 is 3.47. The maximum absolute atomic E-state index is 6.00. The fraction of sp³-hybridized carbons (Fsp3) is 0.500. The summed E-state index contributed by atoms with van der Waals surface area (Å²) in [5.41, 5.74) is 1.16. The highest BCUT2D eigenvalue weighted by Crippen LogP contribution is 2.36. The van der Waals surface area contributed by atoms with Crippen LogP contribution in [0.1, 0.15) is 6.92 Å². The number of likely N-dealkylation sites (N-methyl/N-ethyl adjacent to an activating group) is 2. The maximum Gasteiger partial charge on any atom is 0.144 e. The zero-order valence-electron chi connectivity index (χ0n) is 9.83. The second-order valence-corrected chi connectivity index (χ2v) is 5.09. The summed E-state index contributed by atoms with van der Waals surface area (Å²) in [5.74, 6) is 0.954. The van der Waals surface area contributed by atoms with E-state index in [9.17, 15) is 0 Å². The molecule has 0 fully saturated rings. The predicted molar refractivity (Wildman–Crippen MR) is 70.3 cm³/mol. The highest BCUT2D eigenvalue weighted by atomic mass is 79.9. The minimum absolute atomic E-state index is 0.191. The molecule has 4 heteroatoms. The molecule has 0 aliphatic carbocycles. The molecule has 3 nitrogen and oxygen atoms in total. The first-order valence-electron chi connectivity index (χ1n) is 5.47. The first-order valence-corrected chi connectivity index (χ1v) is 6.26. The third kappa shape index (κ3) is 2.04. The number of halogens is 1. The molecule has 1 aromatic carbocycles. The lowest BCUT2D eigenvalue weighted by Gasteiger charge is -2.39. The van der Waals surface area contributed by atoms with Crippen molar-refractivity contribution in [2.75, 3.05) is 25.5 Å². The molecule has 2 atom stereocenters. The maximum atomic E-state index is 6.00. The van der Waals surface area contributed by atoms with Crippen molar-refractivity contribution in [1.82, 2.24) is 5.32 Å². The van der Waals surface area contributed by atoms with Gasteiger partial charge in [-0.25, -0.2) is 0 Å². The van der Waals surface area contributed by atoms with Crippen molar-refractivity contribution in [3.63, 3.8) is 0 Å². The van der Waals surface area contributed by atoms with Crippen LogP contribution in [-0.2, 0) is 0 Å². The minimum atomic E-state index is 0.191. The number of nitrogens with one attached hydrogen (secondary N) is 1. The molecule has 1 N–H and O–H groups in total. The predicted octanol–water partition coefficient (Wildman–Crippen LogP) is 2.25. The molecule has 0 radical (unpaired) electrons. The molecule has 1 heterocycles. The number of fused-ring (bicyclic) bond motifs is 1. The van der Waals surface area contributed by atoms with Crippen LogP contribution in [0.3, 0.4) is 0 Å². The molecule has 1 aromatic rings. The molecule has 0 saturated heterocycles. The van der Waals surface area contributed by atoms with Gasteiger partial charge in [0.1, 0.15) is 11.9 Å². The SMILES string of the molecule is CNCC1Oc2cc(Br)ccc2N(C)C1C. The second-order valence-electron chi connectivity index (χ2n) is 4.18. The van der Waals surface area contributed by atoms with Crippen LogP contribution in [0.4, 0.5) is 5.69 Å². The molecule has 88 valence electrons. The van der Waals surface area contributed by atoms with Gasteiger partial charge in [0.2, 0.25) is 0 Å². The molecule has 0 amide bonds. The van der Waals surface area contributed by atoms with E-state index >= 15 is 0 Å². The summed E-state index contributed by atoms with van der Waals surface area (Å²) in [7, 11) is 4.06. The molecule has 0 spiro atoms. The van der Waals surface area contributed by atoms with E-state index in [-0.39, 0.29) is 6.10 Å². The molecule has 1 aliphatic rings. The average Bonchev–Trinajstić information content (AvgIpc) is 2.25. The van der Waals surface area contributed by atoms with Gasteiger partial charge >= 0.3 is 0 Å². The van der Waals surface area contributed by atoms with Crippen molar-refractivity contribution in [3.05, 3.63) is 22.7 Å². The van der Waals surface area contributed by atoms with Crippen LogP contribution in [0, 0.1) is 0 Å². The van der Waals surface area contributed by atoms with Gasteiger partial charge in [-0.3, -0.25) is 0 Å². The molecule has 2 rings (SSSR count). The van der Waals surface area contributed by atoms with E-state index in [1.165, 1.54) is 0 Å². The molecular formula is C12H17BrN2O. The number of nitrogens with zero attached hydrogens (tertiary/aromatic N) is 1. The molecule has 1 aliphatic heterocycles. The van der Waals surface area contributed by atoms with E-state index < -0.39 is 0 Å². The van der Waals surface area contributed by atoms with Crippen molar-refractivity contribution >= 4 is 21.6 Å². The Morgan fingerprint density at radius 2 is 2.25 bits per heavy atom. The smallest absolute Gasteiger partial charge is 0.144 e. The van der Waals surface area contributed by atoms with E-state index in [1.807, 2.05) is 19.2 Å². The fourth-order valence-corrected chi connectivity index (χ4v) is 2.36. The molecule has 16 heavy (non-hydrogen) atoms. The summed E-state index contributed by atoms with van der Waals surface area (Å²) in [6.45, 7) is 3.05. The normalized spacial score (nSPS) is 23.9. The van der Waals surface area contributed by atoms with Crippen molar-refractivity contribution < 1.29 is 4.74 Å². The van der Waals surface area contributed by atoms with Gasteiger partial charge in [-0.05, 0) is 32.2 Å². The Bertz CT molecular complexity index is 383. The van der Waals surface area contributed by atoms with Crippen LogP contribution in [0.15, 0.2) is 22.7 Å². The van der Waals surface area contributed by atoms with Crippen LogP contribution in [0.25, 0.3) is 0 Å². The van der Waals surface area contributed by atoms with Crippen LogP contribution in [-0.4, -0.2) is 32.8 Å². The molecule has 0 bridgehead atoms. The Morgan fingerprint density at radius 1 is 1.50 bits per heavy atom. The van der Waals surface area contributed by atoms with E-state index in [0.29, 0.717) is 6.04 Å². The quantitative estimate of drug-likeness (QED) is 0.902. The first-order chi connectivity index (χ1) is 7.63. The lowest BCUT2D eigenvalue weighted by atomic mass is 10.1. The van der Waals surface area contributed by atoms with Crippen LogP contribution >= 0.6 is 15.9 Å². The van der Waals surface area contributed by atoms with Gasteiger partial charge in [0.05, 0.1) is 11.7 Å². The monoisotopic (exact) mass is 284 g/mol. The summed E-state index contributed by atoms with van der Waals surface area (Å²) in [6.07, 6.45) is 0.191. The van der Waals surface area contributed by atoms with Gasteiger partial charge in [-0.15, -0.1) is 0 Å². The summed E-state index contributed by atoms with van der Waals surface area (Å²) < 4.78 is 7.05. The van der Waals surface area contributed by atoms with E-state index in [4.69, 9.17) is 4.74 Å². The summed E-state index contributed by atoms with van der Waals surface area (Å²) in [5, 5.41) is 3.17. The summed E-state index contributed by atoms with van der Waals surface area (Å²) in [6, 6.07) is 6.54. The highest BCUT2D eigenvalue weighted by Gasteiger charge is 2.29. The Kier molecular flexibility index (Phi) is 3.40. The van der Waals surface area contributed by atoms with Gasteiger partial charge < -0.3 is 15.0 Å². The largest absolute Gasteiger partial charge is 0.485 e. The fourth-order valence-electron chi connectivity index (χ4n) is 2.02. The topological polar surface area (TPSA) is 24.5 Å². The Morgan fingerprint density at radius 3 is 2.94 bits per heavy atom. The Hall–Kier alpha value is -0.740. The van der Waals surface area contributed by atoms with Crippen molar-refractivity contribution in [2.45, 2.75) is 19.1 Å². The van der Waals surface area contributed by atoms with Gasteiger partial charge in [0.25, 0.3) is 0 Å². The Balaban J connectivity index is 2.32. The van der Waals surface area contributed by atoms with Crippen molar-refractivity contribution in [1.29, 1.82) is 0 Å². The molecular weight excluding hydrogens is 268 g/mol. The lowest BCUT2D eigenvalue weighted by Crippen LogP contribution is -2.50. The molecule has 0 saturated carbocycles. The number of ether oxygens (including phenoxy) is 1. The van der Waals surface area contributed by atoms with E-state index in [0.717, 1.165) is 22.5 Å². The number of rotatable bonds is 2. The zero-order valence-corrected chi connectivity index (χ0v) is 11.4. The van der Waals surface area contributed by atoms with Gasteiger partial charge in [-0.1, -0.05) is 15.9 Å². The number of hydrogen-bond acceptors (Lipinski definition) is 3. The molecule has 2 unspecified atom stereocenters. The number of benzene rings is 1. The number of anilines is 1. The van der Waals surface area contributed by atoms with Crippen molar-refractivity contribution in [2.24, 2.45) is 0 Å².